The molecule has 0 unspecified atom stereocenters. The summed E-state index contributed by atoms with van der Waals surface area (Å²) in [5, 5.41) is 22.6. The number of anilines is 1. The highest BCUT2D eigenvalue weighted by Crippen LogP contribution is 2.30. The highest BCUT2D eigenvalue weighted by Gasteiger charge is 2.30. The third-order valence-corrected chi connectivity index (χ3v) is 5.07. The molecule has 0 bridgehead atoms. The molecular weight excluding hydrogens is 344 g/mol. The molecule has 6 heteroatoms. The van der Waals surface area contributed by atoms with Gasteiger partial charge in [0, 0.05) is 18.7 Å². The molecule has 1 heterocycles. The number of nitrogens with zero attached hydrogens (tertiary/aromatic N) is 1. The monoisotopic (exact) mass is 370 g/mol. The summed E-state index contributed by atoms with van der Waals surface area (Å²) in [5.74, 6) is 0.779. The van der Waals surface area contributed by atoms with E-state index in [9.17, 15) is 15.0 Å². The Morgan fingerprint density at radius 1 is 1.15 bits per heavy atom. The fraction of sp³-hybridized carbons (Fsp3) is 0.381. The summed E-state index contributed by atoms with van der Waals surface area (Å²) in [6.45, 7) is 0.690. The molecule has 6 nitrogen and oxygen atoms in total. The van der Waals surface area contributed by atoms with Gasteiger partial charge in [0.1, 0.15) is 5.75 Å². The number of carbonyl (C=O) groups is 1. The van der Waals surface area contributed by atoms with Crippen molar-refractivity contribution in [1.82, 2.24) is 4.90 Å². The molecule has 0 spiro atoms. The van der Waals surface area contributed by atoms with Gasteiger partial charge < -0.3 is 25.2 Å². The summed E-state index contributed by atoms with van der Waals surface area (Å²) < 4.78 is 5.20. The van der Waals surface area contributed by atoms with Gasteiger partial charge in [-0.15, -0.1) is 0 Å². The molecule has 2 aromatic rings. The Labute approximate surface area is 159 Å². The molecule has 144 valence electrons. The molecule has 0 aliphatic carbocycles. The molecular formula is C21H26N2O4. The molecule has 3 rings (SSSR count). The van der Waals surface area contributed by atoms with Crippen LogP contribution in [0.15, 0.2) is 48.5 Å². The number of hydrogen-bond acceptors (Lipinski definition) is 4. The average molecular weight is 370 g/mol. The van der Waals surface area contributed by atoms with E-state index in [-0.39, 0.29) is 12.6 Å². The summed E-state index contributed by atoms with van der Waals surface area (Å²) in [6, 6.07) is 15.1. The van der Waals surface area contributed by atoms with E-state index in [2.05, 4.69) is 5.32 Å². The van der Waals surface area contributed by atoms with Crippen LogP contribution in [0.1, 0.15) is 19.3 Å². The Morgan fingerprint density at radius 2 is 1.89 bits per heavy atom. The van der Waals surface area contributed by atoms with E-state index in [1.807, 2.05) is 48.5 Å². The summed E-state index contributed by atoms with van der Waals surface area (Å²) in [6.07, 6.45) is 1.53. The van der Waals surface area contributed by atoms with Crippen molar-refractivity contribution in [3.8, 4) is 16.9 Å². The van der Waals surface area contributed by atoms with Crippen LogP contribution in [0.5, 0.6) is 5.75 Å². The Morgan fingerprint density at radius 3 is 2.59 bits per heavy atom. The SMILES string of the molecule is COc1ccc(-c2ccccc2NC(=O)N2CCC[C@](O)(CO)CC2)cc1. The standard InChI is InChI=1S/C21H26N2O4/c1-27-17-9-7-16(8-10-17)18-5-2-3-6-19(18)22-20(25)23-13-4-11-21(26,15-24)12-14-23/h2-3,5-10,24,26H,4,11-15H2,1H3,(H,22,25)/t21-/m1/s1. The van der Waals surface area contributed by atoms with Crippen LogP contribution in [0.4, 0.5) is 10.5 Å². The van der Waals surface area contributed by atoms with Crippen molar-refractivity contribution >= 4 is 11.7 Å². The Balaban J connectivity index is 1.74. The number of aliphatic hydroxyl groups excluding tert-OH is 1. The predicted octanol–water partition coefficient (Wildman–Crippen LogP) is 3.10. The lowest BCUT2D eigenvalue weighted by atomic mass is 9.96. The Kier molecular flexibility index (Phi) is 5.98. The van der Waals surface area contributed by atoms with E-state index in [0.717, 1.165) is 22.6 Å². The van der Waals surface area contributed by atoms with Crippen LogP contribution < -0.4 is 10.1 Å². The van der Waals surface area contributed by atoms with E-state index in [0.29, 0.717) is 32.4 Å². The first-order valence-corrected chi connectivity index (χ1v) is 9.17. The minimum atomic E-state index is -1.09. The van der Waals surface area contributed by atoms with Gasteiger partial charge in [-0.2, -0.15) is 0 Å². The number of aliphatic hydroxyl groups is 2. The van der Waals surface area contributed by atoms with Crippen LogP contribution in [0, 0.1) is 0 Å². The minimum absolute atomic E-state index is 0.196. The number of nitrogens with one attached hydrogen (secondary N) is 1. The lowest BCUT2D eigenvalue weighted by molar-refractivity contribution is -0.0247. The second-order valence-corrected chi connectivity index (χ2v) is 6.93. The van der Waals surface area contributed by atoms with Crippen molar-refractivity contribution in [2.24, 2.45) is 0 Å². The molecule has 0 aromatic heterocycles. The van der Waals surface area contributed by atoms with E-state index in [1.165, 1.54) is 0 Å². The number of rotatable bonds is 4. The van der Waals surface area contributed by atoms with E-state index >= 15 is 0 Å². The van der Waals surface area contributed by atoms with Gasteiger partial charge in [0.15, 0.2) is 0 Å². The highest BCUT2D eigenvalue weighted by atomic mass is 16.5. The second kappa shape index (κ2) is 8.41. The molecule has 3 N–H and O–H groups in total. The lowest BCUT2D eigenvalue weighted by Gasteiger charge is -2.25. The van der Waals surface area contributed by atoms with Crippen LogP contribution >= 0.6 is 0 Å². The molecule has 1 aliphatic heterocycles. The second-order valence-electron chi connectivity index (χ2n) is 6.93. The number of hydrogen-bond donors (Lipinski definition) is 3. The normalized spacial score (nSPS) is 20.0. The third kappa shape index (κ3) is 4.59. The molecule has 2 amide bonds. The molecule has 2 aromatic carbocycles. The number of ether oxygens (including phenoxy) is 1. The zero-order valence-electron chi connectivity index (χ0n) is 15.5. The van der Waals surface area contributed by atoms with E-state index in [4.69, 9.17) is 4.74 Å². The summed E-state index contributed by atoms with van der Waals surface area (Å²) in [5.41, 5.74) is 1.55. The number of likely N-dealkylation sites (tertiary alicyclic amines) is 1. The quantitative estimate of drug-likeness (QED) is 0.772. The van der Waals surface area contributed by atoms with Crippen molar-refractivity contribution in [1.29, 1.82) is 0 Å². The maximum Gasteiger partial charge on any atom is 0.321 e. The first-order valence-electron chi connectivity index (χ1n) is 9.17. The number of methoxy groups -OCH3 is 1. The molecule has 1 saturated heterocycles. The van der Waals surface area contributed by atoms with Gasteiger partial charge in [-0.25, -0.2) is 4.79 Å². The van der Waals surface area contributed by atoms with Crippen molar-refractivity contribution < 1.29 is 19.7 Å². The largest absolute Gasteiger partial charge is 0.497 e. The first-order chi connectivity index (χ1) is 13.0. The summed E-state index contributed by atoms with van der Waals surface area (Å²) >= 11 is 0. The van der Waals surface area contributed by atoms with E-state index in [1.54, 1.807) is 12.0 Å². The number of urea groups is 1. The highest BCUT2D eigenvalue weighted by molar-refractivity contribution is 5.94. The topological polar surface area (TPSA) is 82.0 Å². The molecule has 1 atom stereocenters. The van der Waals surface area contributed by atoms with Gasteiger partial charge in [0.2, 0.25) is 0 Å². The number of carbonyl (C=O) groups excluding carboxylic acids is 1. The van der Waals surface area contributed by atoms with Crippen molar-refractivity contribution in [2.75, 3.05) is 32.1 Å². The maximum absolute atomic E-state index is 12.8. The summed E-state index contributed by atoms with van der Waals surface area (Å²) in [7, 11) is 1.63. The summed E-state index contributed by atoms with van der Waals surface area (Å²) in [4.78, 5) is 14.4. The fourth-order valence-corrected chi connectivity index (χ4v) is 3.35. The molecule has 1 aliphatic rings. The Hall–Kier alpha value is -2.57. The number of para-hydroxylation sites is 1. The van der Waals surface area contributed by atoms with Gasteiger partial charge in [-0.3, -0.25) is 0 Å². The van der Waals surface area contributed by atoms with Crippen molar-refractivity contribution in [2.45, 2.75) is 24.9 Å². The predicted molar refractivity (Wildman–Crippen MR) is 105 cm³/mol. The van der Waals surface area contributed by atoms with Crippen LogP contribution in [0.2, 0.25) is 0 Å². The third-order valence-electron chi connectivity index (χ3n) is 5.07. The van der Waals surface area contributed by atoms with Crippen LogP contribution in [-0.2, 0) is 0 Å². The fourth-order valence-electron chi connectivity index (χ4n) is 3.35. The van der Waals surface area contributed by atoms with Crippen LogP contribution in [0.25, 0.3) is 11.1 Å². The average Bonchev–Trinajstić information content (AvgIpc) is 2.91. The zero-order valence-corrected chi connectivity index (χ0v) is 15.5. The van der Waals surface area contributed by atoms with Crippen LogP contribution in [0.3, 0.4) is 0 Å². The molecule has 27 heavy (non-hydrogen) atoms. The number of amides is 2. The smallest absolute Gasteiger partial charge is 0.321 e. The Bertz CT molecular complexity index is 778. The van der Waals surface area contributed by atoms with Crippen LogP contribution in [-0.4, -0.2) is 53.6 Å². The molecule has 1 fully saturated rings. The molecule has 0 saturated carbocycles. The van der Waals surface area contributed by atoms with Gasteiger partial charge >= 0.3 is 6.03 Å². The lowest BCUT2D eigenvalue weighted by Crippen LogP contribution is -2.38. The first kappa shape index (κ1) is 19.2. The molecule has 0 radical (unpaired) electrons. The van der Waals surface area contributed by atoms with Gasteiger partial charge in [-0.05, 0) is 43.0 Å². The van der Waals surface area contributed by atoms with Gasteiger partial charge in [0.25, 0.3) is 0 Å². The van der Waals surface area contributed by atoms with Crippen molar-refractivity contribution in [3.05, 3.63) is 48.5 Å². The van der Waals surface area contributed by atoms with Crippen molar-refractivity contribution in [3.63, 3.8) is 0 Å². The zero-order chi connectivity index (χ0) is 19.3. The maximum atomic E-state index is 12.8. The number of benzene rings is 2. The van der Waals surface area contributed by atoms with Gasteiger partial charge in [-0.1, -0.05) is 30.3 Å². The van der Waals surface area contributed by atoms with E-state index < -0.39 is 5.60 Å². The van der Waals surface area contributed by atoms with Gasteiger partial charge in [0.05, 0.1) is 25.0 Å². The minimum Gasteiger partial charge on any atom is -0.497 e.